The summed E-state index contributed by atoms with van der Waals surface area (Å²) >= 11 is 0. The third kappa shape index (κ3) is 5.56. The van der Waals surface area contributed by atoms with E-state index in [1.54, 1.807) is 0 Å². The van der Waals surface area contributed by atoms with Gasteiger partial charge >= 0.3 is 0 Å². The summed E-state index contributed by atoms with van der Waals surface area (Å²) in [4.78, 5) is 12.3. The molecule has 0 radical (unpaired) electrons. The Balaban J connectivity index is 1.76. The SMILES string of the molecule is Cc1ccc(NC(=O)COc2ccc3ccccc3c2CNC(C)(C)CO)cc1. The van der Waals surface area contributed by atoms with E-state index < -0.39 is 5.54 Å². The van der Waals surface area contributed by atoms with Crippen LogP contribution in [0.5, 0.6) is 5.75 Å². The lowest BCUT2D eigenvalue weighted by molar-refractivity contribution is -0.118. The predicted octanol–water partition coefficient (Wildman–Crippen LogP) is 4.03. The largest absolute Gasteiger partial charge is 0.483 e. The van der Waals surface area contributed by atoms with Crippen LogP contribution in [0, 0.1) is 6.92 Å². The maximum absolute atomic E-state index is 12.3. The van der Waals surface area contributed by atoms with Crippen molar-refractivity contribution in [2.24, 2.45) is 0 Å². The summed E-state index contributed by atoms with van der Waals surface area (Å²) in [7, 11) is 0. The minimum absolute atomic E-state index is 0.0207. The van der Waals surface area contributed by atoms with E-state index >= 15 is 0 Å². The number of nitrogens with one attached hydrogen (secondary N) is 2. The average molecular weight is 392 g/mol. The number of carbonyl (C=O) groups is 1. The van der Waals surface area contributed by atoms with E-state index in [0.29, 0.717) is 12.3 Å². The lowest BCUT2D eigenvalue weighted by Gasteiger charge is -2.25. The van der Waals surface area contributed by atoms with Crippen LogP contribution >= 0.6 is 0 Å². The molecule has 1 amide bonds. The zero-order chi connectivity index (χ0) is 20.9. The summed E-state index contributed by atoms with van der Waals surface area (Å²) < 4.78 is 5.89. The molecule has 5 nitrogen and oxygen atoms in total. The highest BCUT2D eigenvalue weighted by Crippen LogP contribution is 2.28. The van der Waals surface area contributed by atoms with Crippen LogP contribution in [-0.4, -0.2) is 29.8 Å². The van der Waals surface area contributed by atoms with Crippen molar-refractivity contribution in [3.05, 3.63) is 71.8 Å². The Morgan fingerprint density at radius 3 is 2.48 bits per heavy atom. The highest BCUT2D eigenvalue weighted by atomic mass is 16.5. The Hall–Kier alpha value is -2.89. The molecule has 0 atom stereocenters. The molecule has 0 aromatic heterocycles. The number of hydrogen-bond donors (Lipinski definition) is 3. The monoisotopic (exact) mass is 392 g/mol. The van der Waals surface area contributed by atoms with Gasteiger partial charge < -0.3 is 20.5 Å². The highest BCUT2D eigenvalue weighted by molar-refractivity contribution is 5.92. The van der Waals surface area contributed by atoms with Crippen molar-refractivity contribution in [3.63, 3.8) is 0 Å². The molecule has 0 saturated carbocycles. The minimum atomic E-state index is -0.420. The van der Waals surface area contributed by atoms with Gasteiger partial charge in [-0.05, 0) is 49.7 Å². The zero-order valence-corrected chi connectivity index (χ0v) is 17.2. The Bertz CT molecular complexity index is 981. The molecule has 0 spiro atoms. The summed E-state index contributed by atoms with van der Waals surface area (Å²) in [5.41, 5.74) is 2.43. The van der Waals surface area contributed by atoms with Crippen LogP contribution in [0.4, 0.5) is 5.69 Å². The molecule has 29 heavy (non-hydrogen) atoms. The topological polar surface area (TPSA) is 70.6 Å². The zero-order valence-electron chi connectivity index (χ0n) is 17.2. The maximum atomic E-state index is 12.3. The van der Waals surface area contributed by atoms with Crippen LogP contribution < -0.4 is 15.4 Å². The number of aryl methyl sites for hydroxylation is 1. The van der Waals surface area contributed by atoms with Gasteiger partial charge in [0.2, 0.25) is 0 Å². The molecule has 0 aliphatic heterocycles. The van der Waals surface area contributed by atoms with Crippen LogP contribution in [0.25, 0.3) is 10.8 Å². The van der Waals surface area contributed by atoms with Gasteiger partial charge in [-0.15, -0.1) is 0 Å². The van der Waals surface area contributed by atoms with E-state index in [1.807, 2.05) is 81.4 Å². The van der Waals surface area contributed by atoms with Gasteiger partial charge in [0, 0.05) is 23.3 Å². The van der Waals surface area contributed by atoms with Gasteiger partial charge in [0.15, 0.2) is 6.61 Å². The second-order valence-corrected chi connectivity index (χ2v) is 7.86. The second-order valence-electron chi connectivity index (χ2n) is 7.86. The van der Waals surface area contributed by atoms with E-state index in [0.717, 1.165) is 27.6 Å². The third-order valence-corrected chi connectivity index (χ3v) is 4.83. The molecular formula is C24H28N2O3. The van der Waals surface area contributed by atoms with E-state index in [9.17, 15) is 9.90 Å². The molecule has 152 valence electrons. The Kier molecular flexibility index (Phi) is 6.52. The Labute approximate surface area is 171 Å². The fourth-order valence-corrected chi connectivity index (χ4v) is 2.99. The number of fused-ring (bicyclic) bond motifs is 1. The molecule has 5 heteroatoms. The van der Waals surface area contributed by atoms with Crippen molar-refractivity contribution < 1.29 is 14.6 Å². The van der Waals surface area contributed by atoms with Gasteiger partial charge in [0.05, 0.1) is 6.61 Å². The molecular weight excluding hydrogens is 364 g/mol. The molecule has 0 bridgehead atoms. The first-order chi connectivity index (χ1) is 13.9. The van der Waals surface area contributed by atoms with Crippen molar-refractivity contribution in [3.8, 4) is 5.75 Å². The van der Waals surface area contributed by atoms with Gasteiger partial charge in [0.1, 0.15) is 5.75 Å². The van der Waals surface area contributed by atoms with Crippen LogP contribution in [0.15, 0.2) is 60.7 Å². The lowest BCUT2D eigenvalue weighted by atomic mass is 10.0. The summed E-state index contributed by atoms with van der Waals surface area (Å²) in [6.07, 6.45) is 0. The number of aliphatic hydroxyl groups excluding tert-OH is 1. The molecule has 3 rings (SSSR count). The van der Waals surface area contributed by atoms with Crippen LogP contribution in [0.2, 0.25) is 0 Å². The first kappa shape index (κ1) is 20.8. The molecule has 0 saturated heterocycles. The van der Waals surface area contributed by atoms with Crippen LogP contribution in [0.1, 0.15) is 25.0 Å². The van der Waals surface area contributed by atoms with Gasteiger partial charge in [-0.2, -0.15) is 0 Å². The molecule has 0 aliphatic rings. The van der Waals surface area contributed by atoms with Crippen molar-refractivity contribution in [2.75, 3.05) is 18.5 Å². The summed E-state index contributed by atoms with van der Waals surface area (Å²) in [6, 6.07) is 19.6. The molecule has 3 aromatic carbocycles. The van der Waals surface area contributed by atoms with Crippen molar-refractivity contribution in [2.45, 2.75) is 32.9 Å². The van der Waals surface area contributed by atoms with Gasteiger partial charge in [0.25, 0.3) is 5.91 Å². The first-order valence-corrected chi connectivity index (χ1v) is 9.74. The second kappa shape index (κ2) is 9.07. The molecule has 0 fully saturated rings. The smallest absolute Gasteiger partial charge is 0.262 e. The van der Waals surface area contributed by atoms with Crippen molar-refractivity contribution in [1.29, 1.82) is 0 Å². The number of aliphatic hydroxyl groups is 1. The molecule has 0 heterocycles. The summed E-state index contributed by atoms with van der Waals surface area (Å²) in [5, 5.41) is 17.9. The van der Waals surface area contributed by atoms with E-state index in [2.05, 4.69) is 10.6 Å². The van der Waals surface area contributed by atoms with Gasteiger partial charge in [-0.3, -0.25) is 4.79 Å². The fourth-order valence-electron chi connectivity index (χ4n) is 2.99. The minimum Gasteiger partial charge on any atom is -0.483 e. The van der Waals surface area contributed by atoms with Gasteiger partial charge in [-0.25, -0.2) is 0 Å². The number of anilines is 1. The Morgan fingerprint density at radius 1 is 1.03 bits per heavy atom. The maximum Gasteiger partial charge on any atom is 0.262 e. The summed E-state index contributed by atoms with van der Waals surface area (Å²) in [6.45, 7) is 6.34. The number of ether oxygens (including phenoxy) is 1. The number of carbonyl (C=O) groups excluding carboxylic acids is 1. The quantitative estimate of drug-likeness (QED) is 0.541. The average Bonchev–Trinajstić information content (AvgIpc) is 2.72. The van der Waals surface area contributed by atoms with E-state index in [1.165, 1.54) is 0 Å². The number of amides is 1. The molecule has 3 aromatic rings. The van der Waals surface area contributed by atoms with Crippen LogP contribution in [0.3, 0.4) is 0 Å². The molecule has 0 unspecified atom stereocenters. The highest BCUT2D eigenvalue weighted by Gasteiger charge is 2.18. The van der Waals surface area contributed by atoms with Crippen LogP contribution in [-0.2, 0) is 11.3 Å². The molecule has 0 aliphatic carbocycles. The van der Waals surface area contributed by atoms with Crippen molar-refractivity contribution >= 4 is 22.4 Å². The number of benzene rings is 3. The third-order valence-electron chi connectivity index (χ3n) is 4.83. The number of rotatable bonds is 8. The predicted molar refractivity (Wildman–Crippen MR) is 117 cm³/mol. The fraction of sp³-hybridized carbons (Fsp3) is 0.292. The Morgan fingerprint density at radius 2 is 1.76 bits per heavy atom. The lowest BCUT2D eigenvalue weighted by Crippen LogP contribution is -2.42. The van der Waals surface area contributed by atoms with E-state index in [-0.39, 0.29) is 19.1 Å². The summed E-state index contributed by atoms with van der Waals surface area (Å²) in [5.74, 6) is 0.445. The van der Waals surface area contributed by atoms with E-state index in [4.69, 9.17) is 4.74 Å². The van der Waals surface area contributed by atoms with Crippen molar-refractivity contribution in [1.82, 2.24) is 5.32 Å². The number of hydrogen-bond acceptors (Lipinski definition) is 4. The standard InChI is InChI=1S/C24H28N2O3/c1-17-8-11-19(12-9-17)26-23(28)15-29-22-13-10-18-6-4-5-7-20(18)21(22)14-25-24(2,3)16-27/h4-13,25,27H,14-16H2,1-3H3,(H,26,28). The molecule has 3 N–H and O–H groups in total. The first-order valence-electron chi connectivity index (χ1n) is 9.74. The normalized spacial score (nSPS) is 11.4. The van der Waals surface area contributed by atoms with Gasteiger partial charge in [-0.1, -0.05) is 48.0 Å².